The number of hydrogen-bond donors (Lipinski definition) is 1. The average Bonchev–Trinajstić information content (AvgIpc) is 3.27. The van der Waals surface area contributed by atoms with Gasteiger partial charge in [-0.3, -0.25) is 14.6 Å². The van der Waals surface area contributed by atoms with Gasteiger partial charge in [-0.25, -0.2) is 4.79 Å². The van der Waals surface area contributed by atoms with Crippen molar-refractivity contribution in [2.45, 2.75) is 50.7 Å². The molecule has 5 nitrogen and oxygen atoms in total. The molecule has 5 rings (SSSR count). The van der Waals surface area contributed by atoms with E-state index in [1.807, 2.05) is 25.1 Å². The van der Waals surface area contributed by atoms with Crippen molar-refractivity contribution >= 4 is 11.9 Å². The lowest BCUT2D eigenvalue weighted by atomic mass is 9.78. The number of fused-ring (bicyclic) bond motifs is 1. The lowest BCUT2D eigenvalue weighted by Gasteiger charge is -2.39. The standard InChI is InChI=1S/C25H29N3O2/c1-25(21-11-13-27(14-12-21)17-18-7-3-2-4-8-18)23(29)28(24(30)26-25)22-15-19-9-5-6-10-20(19)16-22/h2-10,21-22H,11-17H2,1H3,(H,26,30)/t25-/m0/s1. The zero-order valence-corrected chi connectivity index (χ0v) is 17.5. The molecule has 0 spiro atoms. The summed E-state index contributed by atoms with van der Waals surface area (Å²) in [5.74, 6) is 0.140. The maximum Gasteiger partial charge on any atom is 0.325 e. The third kappa shape index (κ3) is 3.31. The van der Waals surface area contributed by atoms with Crippen LogP contribution in [0.15, 0.2) is 54.6 Å². The Morgan fingerprint density at radius 3 is 2.17 bits per heavy atom. The summed E-state index contributed by atoms with van der Waals surface area (Å²) < 4.78 is 0. The van der Waals surface area contributed by atoms with Crippen LogP contribution in [0.1, 0.15) is 36.5 Å². The molecule has 3 amide bonds. The third-order valence-corrected chi connectivity index (χ3v) is 7.30. The van der Waals surface area contributed by atoms with Crippen molar-refractivity contribution in [3.8, 4) is 0 Å². The van der Waals surface area contributed by atoms with E-state index < -0.39 is 5.54 Å². The highest BCUT2D eigenvalue weighted by atomic mass is 16.2. The van der Waals surface area contributed by atoms with E-state index in [1.165, 1.54) is 21.6 Å². The van der Waals surface area contributed by atoms with Crippen LogP contribution in [0.2, 0.25) is 0 Å². The molecular formula is C25H29N3O2. The van der Waals surface area contributed by atoms with Crippen molar-refractivity contribution in [2.24, 2.45) is 5.92 Å². The number of carbonyl (C=O) groups is 2. The normalized spacial score (nSPS) is 25.6. The van der Waals surface area contributed by atoms with E-state index in [-0.39, 0.29) is 23.9 Å². The number of nitrogens with zero attached hydrogens (tertiary/aromatic N) is 2. The Hall–Kier alpha value is -2.66. The van der Waals surface area contributed by atoms with Gasteiger partial charge >= 0.3 is 6.03 Å². The fourth-order valence-corrected chi connectivity index (χ4v) is 5.51. The number of rotatable bonds is 4. The number of urea groups is 1. The minimum Gasteiger partial charge on any atom is -0.323 e. The second-order valence-corrected chi connectivity index (χ2v) is 9.17. The Balaban J connectivity index is 1.25. The number of nitrogens with one attached hydrogen (secondary N) is 1. The molecule has 2 aromatic carbocycles. The van der Waals surface area contributed by atoms with Gasteiger partial charge in [0, 0.05) is 12.6 Å². The predicted octanol–water partition coefficient (Wildman–Crippen LogP) is 3.38. The number of imide groups is 1. The van der Waals surface area contributed by atoms with Crippen molar-refractivity contribution < 1.29 is 9.59 Å². The van der Waals surface area contributed by atoms with Crippen LogP contribution in [-0.2, 0) is 24.2 Å². The predicted molar refractivity (Wildman–Crippen MR) is 116 cm³/mol. The molecule has 30 heavy (non-hydrogen) atoms. The molecule has 0 saturated carbocycles. The Bertz CT molecular complexity index is 927. The summed E-state index contributed by atoms with van der Waals surface area (Å²) in [7, 11) is 0. The molecule has 1 aliphatic carbocycles. The van der Waals surface area contributed by atoms with Crippen LogP contribution in [-0.4, -0.2) is 46.4 Å². The van der Waals surface area contributed by atoms with Crippen LogP contribution in [0.5, 0.6) is 0 Å². The Morgan fingerprint density at radius 1 is 0.933 bits per heavy atom. The summed E-state index contributed by atoms with van der Waals surface area (Å²) in [5, 5.41) is 3.09. The lowest BCUT2D eigenvalue weighted by molar-refractivity contribution is -0.134. The molecular weight excluding hydrogens is 374 g/mol. The molecule has 1 atom stereocenters. The van der Waals surface area contributed by atoms with Crippen molar-refractivity contribution in [2.75, 3.05) is 13.1 Å². The van der Waals surface area contributed by atoms with Crippen LogP contribution in [0.25, 0.3) is 0 Å². The SMILES string of the molecule is C[C@@]1(C2CCN(Cc3ccccc3)CC2)NC(=O)N(C2Cc3ccccc3C2)C1=O. The maximum atomic E-state index is 13.5. The summed E-state index contributed by atoms with van der Waals surface area (Å²) in [6.07, 6.45) is 3.38. The van der Waals surface area contributed by atoms with Gasteiger partial charge in [0.2, 0.25) is 0 Å². The average molecular weight is 404 g/mol. The molecule has 2 aromatic rings. The molecule has 5 heteroatoms. The highest BCUT2D eigenvalue weighted by Gasteiger charge is 2.54. The van der Waals surface area contributed by atoms with Crippen molar-refractivity contribution in [1.82, 2.24) is 15.1 Å². The van der Waals surface area contributed by atoms with Crippen LogP contribution < -0.4 is 5.32 Å². The van der Waals surface area contributed by atoms with Gasteiger partial charge in [-0.2, -0.15) is 0 Å². The Labute approximate surface area is 178 Å². The van der Waals surface area contributed by atoms with E-state index in [1.54, 1.807) is 0 Å². The fraction of sp³-hybridized carbons (Fsp3) is 0.440. The minimum absolute atomic E-state index is 0.0354. The quantitative estimate of drug-likeness (QED) is 0.797. The molecule has 1 N–H and O–H groups in total. The molecule has 0 radical (unpaired) electrons. The molecule has 0 bridgehead atoms. The lowest BCUT2D eigenvalue weighted by Crippen LogP contribution is -2.54. The van der Waals surface area contributed by atoms with E-state index in [2.05, 4.69) is 46.6 Å². The molecule has 2 heterocycles. The van der Waals surface area contributed by atoms with E-state index in [0.29, 0.717) is 0 Å². The third-order valence-electron chi connectivity index (χ3n) is 7.30. The zero-order valence-electron chi connectivity index (χ0n) is 17.5. The van der Waals surface area contributed by atoms with Crippen molar-refractivity contribution in [3.63, 3.8) is 0 Å². The Morgan fingerprint density at radius 2 is 1.53 bits per heavy atom. The van der Waals surface area contributed by atoms with Gasteiger partial charge in [-0.15, -0.1) is 0 Å². The highest BCUT2D eigenvalue weighted by Crippen LogP contribution is 2.36. The first-order chi connectivity index (χ1) is 14.5. The summed E-state index contributed by atoms with van der Waals surface area (Å²) in [4.78, 5) is 30.3. The van der Waals surface area contributed by atoms with Crippen LogP contribution in [0.3, 0.4) is 0 Å². The highest BCUT2D eigenvalue weighted by molar-refractivity contribution is 6.07. The van der Waals surface area contributed by atoms with E-state index in [9.17, 15) is 9.59 Å². The topological polar surface area (TPSA) is 52.7 Å². The van der Waals surface area contributed by atoms with Crippen molar-refractivity contribution in [3.05, 3.63) is 71.3 Å². The van der Waals surface area contributed by atoms with Gasteiger partial charge in [0.15, 0.2) is 0 Å². The molecule has 0 unspecified atom stereocenters. The first-order valence-electron chi connectivity index (χ1n) is 11.0. The van der Waals surface area contributed by atoms with Crippen molar-refractivity contribution in [1.29, 1.82) is 0 Å². The van der Waals surface area contributed by atoms with Crippen LogP contribution in [0, 0.1) is 5.92 Å². The summed E-state index contributed by atoms with van der Waals surface area (Å²) >= 11 is 0. The molecule has 0 aromatic heterocycles. The molecule has 156 valence electrons. The Kier molecular flexibility index (Phi) is 4.86. The second kappa shape index (κ2) is 7.55. The van der Waals surface area contributed by atoms with E-state index >= 15 is 0 Å². The largest absolute Gasteiger partial charge is 0.325 e. The van der Waals surface area contributed by atoms with Gasteiger partial charge in [-0.1, -0.05) is 54.6 Å². The van der Waals surface area contributed by atoms with Gasteiger partial charge < -0.3 is 5.32 Å². The number of amides is 3. The van der Waals surface area contributed by atoms with E-state index in [4.69, 9.17) is 0 Å². The smallest absolute Gasteiger partial charge is 0.323 e. The summed E-state index contributed by atoms with van der Waals surface area (Å²) in [6, 6.07) is 18.5. The first kappa shape index (κ1) is 19.3. The molecule has 2 aliphatic heterocycles. The first-order valence-corrected chi connectivity index (χ1v) is 11.0. The second-order valence-electron chi connectivity index (χ2n) is 9.17. The van der Waals surface area contributed by atoms with E-state index in [0.717, 1.165) is 45.3 Å². The number of piperidine rings is 1. The molecule has 3 aliphatic rings. The number of hydrogen-bond acceptors (Lipinski definition) is 3. The van der Waals surface area contributed by atoms with Gasteiger partial charge in [0.1, 0.15) is 5.54 Å². The fourth-order valence-electron chi connectivity index (χ4n) is 5.51. The summed E-state index contributed by atoms with van der Waals surface area (Å²) in [6.45, 7) is 4.78. The number of benzene rings is 2. The monoisotopic (exact) mass is 403 g/mol. The van der Waals surface area contributed by atoms with Crippen LogP contribution >= 0.6 is 0 Å². The van der Waals surface area contributed by atoms with Gasteiger partial charge in [0.25, 0.3) is 5.91 Å². The summed E-state index contributed by atoms with van der Waals surface area (Å²) in [5.41, 5.74) is 3.04. The molecule has 2 saturated heterocycles. The zero-order chi connectivity index (χ0) is 20.7. The number of carbonyl (C=O) groups excluding carboxylic acids is 2. The minimum atomic E-state index is -0.787. The number of likely N-dealkylation sites (tertiary alicyclic amines) is 1. The van der Waals surface area contributed by atoms with Gasteiger partial charge in [0.05, 0.1) is 0 Å². The van der Waals surface area contributed by atoms with Crippen LogP contribution in [0.4, 0.5) is 4.79 Å². The van der Waals surface area contributed by atoms with Gasteiger partial charge in [-0.05, 0) is 68.3 Å². The molecule has 2 fully saturated rings. The maximum absolute atomic E-state index is 13.5.